The van der Waals surface area contributed by atoms with E-state index in [9.17, 15) is 0 Å². The monoisotopic (exact) mass is 328 g/mol. The van der Waals surface area contributed by atoms with Crippen LogP contribution in [0.1, 0.15) is 75.6 Å². The fourth-order valence-corrected chi connectivity index (χ4v) is 4.82. The predicted octanol–water partition coefficient (Wildman–Crippen LogP) is 3.58. The number of rotatable bonds is 4. The molecule has 0 N–H and O–H groups in total. The Balaban J connectivity index is 1.26. The van der Waals surface area contributed by atoms with Gasteiger partial charge < -0.3 is 0 Å². The van der Waals surface area contributed by atoms with E-state index < -0.39 is 0 Å². The Morgan fingerprint density at radius 1 is 0.958 bits per heavy atom. The summed E-state index contributed by atoms with van der Waals surface area (Å²) >= 11 is 0. The van der Waals surface area contributed by atoms with E-state index in [1.807, 2.05) is 0 Å². The molecule has 132 valence electrons. The first-order valence-electron chi connectivity index (χ1n) is 10.1. The molecule has 4 heteroatoms. The molecular formula is C20H32N4. The van der Waals surface area contributed by atoms with Crippen molar-refractivity contribution < 1.29 is 0 Å². The molecule has 1 aromatic rings. The average molecular weight is 329 g/mol. The lowest BCUT2D eigenvalue weighted by molar-refractivity contribution is -0.00629. The van der Waals surface area contributed by atoms with Gasteiger partial charge in [-0.2, -0.15) is 0 Å². The zero-order chi connectivity index (χ0) is 16.4. The van der Waals surface area contributed by atoms with Gasteiger partial charge in [-0.15, -0.1) is 0 Å². The Hall–Kier alpha value is -1.00. The number of hydrogen-bond acceptors (Lipinski definition) is 4. The first-order valence-corrected chi connectivity index (χ1v) is 10.1. The van der Waals surface area contributed by atoms with E-state index in [1.54, 1.807) is 0 Å². The predicted molar refractivity (Wildman–Crippen MR) is 96.9 cm³/mol. The van der Waals surface area contributed by atoms with E-state index >= 15 is 0 Å². The third kappa shape index (κ3) is 3.65. The zero-order valence-electron chi connectivity index (χ0n) is 15.2. The summed E-state index contributed by atoms with van der Waals surface area (Å²) in [6.07, 6.45) is 15.0. The van der Waals surface area contributed by atoms with E-state index in [1.165, 1.54) is 76.6 Å². The first kappa shape index (κ1) is 16.5. The fourth-order valence-electron chi connectivity index (χ4n) is 4.82. The van der Waals surface area contributed by atoms with Crippen molar-refractivity contribution >= 4 is 0 Å². The summed E-state index contributed by atoms with van der Waals surface area (Å²) in [5, 5.41) is 0. The lowest BCUT2D eigenvalue weighted by Crippen LogP contribution is -2.61. The van der Waals surface area contributed by atoms with Crippen molar-refractivity contribution in [1.82, 2.24) is 19.8 Å². The molecule has 24 heavy (non-hydrogen) atoms. The van der Waals surface area contributed by atoms with Gasteiger partial charge in [0.15, 0.2) is 0 Å². The molecule has 0 amide bonds. The summed E-state index contributed by atoms with van der Waals surface area (Å²) in [4.78, 5) is 14.7. The topological polar surface area (TPSA) is 32.3 Å². The highest BCUT2D eigenvalue weighted by Crippen LogP contribution is 2.30. The van der Waals surface area contributed by atoms with Crippen molar-refractivity contribution in [1.29, 1.82) is 0 Å². The van der Waals surface area contributed by atoms with Gasteiger partial charge in [-0.25, -0.2) is 9.97 Å². The molecule has 4 nitrogen and oxygen atoms in total. The summed E-state index contributed by atoms with van der Waals surface area (Å²) in [6.45, 7) is 7.16. The van der Waals surface area contributed by atoms with Crippen molar-refractivity contribution in [3.05, 3.63) is 23.8 Å². The molecule has 1 saturated carbocycles. The SMILES string of the molecule is C[C@H]1CCCCN1C1CN(Cc2cnc(C3CCCCC3)nc2)C1. The van der Waals surface area contributed by atoms with Crippen LogP contribution < -0.4 is 0 Å². The van der Waals surface area contributed by atoms with Gasteiger partial charge in [0, 0.05) is 55.6 Å². The minimum Gasteiger partial charge on any atom is -0.296 e. The largest absolute Gasteiger partial charge is 0.296 e. The third-order valence-corrected chi connectivity index (χ3v) is 6.36. The maximum absolute atomic E-state index is 4.69. The van der Waals surface area contributed by atoms with E-state index in [0.717, 1.165) is 24.5 Å². The van der Waals surface area contributed by atoms with Crippen LogP contribution in [0, 0.1) is 0 Å². The molecule has 3 aliphatic rings. The molecule has 0 radical (unpaired) electrons. The van der Waals surface area contributed by atoms with Crippen LogP contribution >= 0.6 is 0 Å². The van der Waals surface area contributed by atoms with E-state index in [-0.39, 0.29) is 0 Å². The van der Waals surface area contributed by atoms with Crippen LogP contribution in [0.3, 0.4) is 0 Å². The van der Waals surface area contributed by atoms with Crippen molar-refractivity contribution in [2.75, 3.05) is 19.6 Å². The zero-order valence-corrected chi connectivity index (χ0v) is 15.2. The van der Waals surface area contributed by atoms with E-state index in [0.29, 0.717) is 5.92 Å². The highest BCUT2D eigenvalue weighted by atomic mass is 15.3. The van der Waals surface area contributed by atoms with Gasteiger partial charge in [-0.3, -0.25) is 9.80 Å². The molecule has 0 unspecified atom stereocenters. The van der Waals surface area contributed by atoms with Crippen molar-refractivity contribution in [3.8, 4) is 0 Å². The average Bonchev–Trinajstić information content (AvgIpc) is 2.60. The maximum Gasteiger partial charge on any atom is 0.131 e. The van der Waals surface area contributed by atoms with E-state index in [2.05, 4.69) is 39.1 Å². The molecule has 4 rings (SSSR count). The number of aromatic nitrogens is 2. The highest BCUT2D eigenvalue weighted by molar-refractivity contribution is 5.09. The Labute approximate surface area is 146 Å². The Morgan fingerprint density at radius 2 is 1.67 bits per heavy atom. The Kier molecular flexibility index (Phi) is 5.14. The number of nitrogens with zero attached hydrogens (tertiary/aromatic N) is 4. The standard InChI is InChI=1S/C20H32N4/c1-16-7-5-6-10-24(16)19-14-23(15-19)13-17-11-21-20(22-12-17)18-8-3-2-4-9-18/h11-12,16,18-19H,2-10,13-15H2,1H3/t16-/m0/s1. The van der Waals surface area contributed by atoms with Crippen LogP contribution in [0.4, 0.5) is 0 Å². The minimum atomic E-state index is 0.613. The van der Waals surface area contributed by atoms with Crippen molar-refractivity contribution in [3.63, 3.8) is 0 Å². The summed E-state index contributed by atoms with van der Waals surface area (Å²) in [5.74, 6) is 1.70. The summed E-state index contributed by atoms with van der Waals surface area (Å²) in [6, 6.07) is 1.56. The van der Waals surface area contributed by atoms with Gasteiger partial charge in [0.05, 0.1) is 0 Å². The van der Waals surface area contributed by atoms with Crippen molar-refractivity contribution in [2.45, 2.75) is 82.8 Å². The molecule has 0 aromatic carbocycles. The Morgan fingerprint density at radius 3 is 2.38 bits per heavy atom. The van der Waals surface area contributed by atoms with Gasteiger partial charge in [0.2, 0.25) is 0 Å². The maximum atomic E-state index is 4.69. The normalized spacial score (nSPS) is 28.0. The van der Waals surface area contributed by atoms with Gasteiger partial charge in [0.1, 0.15) is 5.82 Å². The lowest BCUT2D eigenvalue weighted by Gasteiger charge is -2.49. The van der Waals surface area contributed by atoms with Crippen LogP contribution in [-0.4, -0.2) is 51.5 Å². The Bertz CT molecular complexity index is 517. The second-order valence-electron chi connectivity index (χ2n) is 8.21. The van der Waals surface area contributed by atoms with Gasteiger partial charge in [0.25, 0.3) is 0 Å². The van der Waals surface area contributed by atoms with Crippen LogP contribution in [0.15, 0.2) is 12.4 Å². The first-order chi connectivity index (χ1) is 11.8. The molecule has 2 aliphatic heterocycles. The molecule has 1 aromatic heterocycles. The smallest absolute Gasteiger partial charge is 0.131 e. The van der Waals surface area contributed by atoms with Crippen LogP contribution in [-0.2, 0) is 6.54 Å². The second kappa shape index (κ2) is 7.49. The molecule has 3 heterocycles. The van der Waals surface area contributed by atoms with Gasteiger partial charge >= 0.3 is 0 Å². The van der Waals surface area contributed by atoms with Gasteiger partial charge in [-0.1, -0.05) is 25.7 Å². The molecule has 1 atom stereocenters. The molecule has 0 spiro atoms. The molecular weight excluding hydrogens is 296 g/mol. The van der Waals surface area contributed by atoms with Gasteiger partial charge in [-0.05, 0) is 39.2 Å². The molecule has 3 fully saturated rings. The fraction of sp³-hybridized carbons (Fsp3) is 0.800. The number of piperidine rings is 1. The van der Waals surface area contributed by atoms with Crippen LogP contribution in [0.2, 0.25) is 0 Å². The summed E-state index contributed by atoms with van der Waals surface area (Å²) < 4.78 is 0. The minimum absolute atomic E-state index is 0.613. The second-order valence-corrected chi connectivity index (χ2v) is 8.21. The van der Waals surface area contributed by atoms with Crippen molar-refractivity contribution in [2.24, 2.45) is 0 Å². The molecule has 2 saturated heterocycles. The van der Waals surface area contributed by atoms with E-state index in [4.69, 9.17) is 0 Å². The summed E-state index contributed by atoms with van der Waals surface area (Å²) in [5.41, 5.74) is 1.28. The number of likely N-dealkylation sites (tertiary alicyclic amines) is 2. The molecule has 1 aliphatic carbocycles. The molecule has 0 bridgehead atoms. The summed E-state index contributed by atoms with van der Waals surface area (Å²) in [7, 11) is 0. The quantitative estimate of drug-likeness (QED) is 0.845. The van der Waals surface area contributed by atoms with Crippen LogP contribution in [0.5, 0.6) is 0 Å². The lowest BCUT2D eigenvalue weighted by atomic mass is 9.89. The highest BCUT2D eigenvalue weighted by Gasteiger charge is 2.34. The number of hydrogen-bond donors (Lipinski definition) is 0. The van der Waals surface area contributed by atoms with Crippen LogP contribution in [0.25, 0.3) is 0 Å². The third-order valence-electron chi connectivity index (χ3n) is 6.36.